The molecule has 2 aromatic heterocycles. The molecule has 0 unspecified atom stereocenters. The smallest absolute Gasteiger partial charge is 0.261 e. The van der Waals surface area contributed by atoms with Crippen LogP contribution in [0.2, 0.25) is 0 Å². The second-order valence-electron chi connectivity index (χ2n) is 7.73. The first-order valence-electron chi connectivity index (χ1n) is 10.2. The minimum absolute atomic E-state index is 1.03. The highest BCUT2D eigenvalue weighted by molar-refractivity contribution is 5.83. The fraction of sp³-hybridized carbons (Fsp3) is 0.111. The molecular formula is C27H24N3+. The Morgan fingerprint density at radius 2 is 1.47 bits per heavy atom. The summed E-state index contributed by atoms with van der Waals surface area (Å²) in [5.74, 6) is 1.13. The Hall–Kier alpha value is -3.72. The third-order valence-electron chi connectivity index (χ3n) is 5.73. The molecular weight excluding hydrogens is 366 g/mol. The quantitative estimate of drug-likeness (QED) is 0.357. The molecule has 0 aliphatic carbocycles. The van der Waals surface area contributed by atoms with Crippen LogP contribution in [0, 0.1) is 13.8 Å². The van der Waals surface area contributed by atoms with E-state index in [2.05, 4.69) is 113 Å². The van der Waals surface area contributed by atoms with Crippen LogP contribution in [0.3, 0.4) is 0 Å². The molecule has 0 saturated carbocycles. The van der Waals surface area contributed by atoms with Crippen molar-refractivity contribution in [2.45, 2.75) is 13.8 Å². The highest BCUT2D eigenvalue weighted by Crippen LogP contribution is 2.34. The van der Waals surface area contributed by atoms with Crippen molar-refractivity contribution in [1.82, 2.24) is 9.55 Å². The van der Waals surface area contributed by atoms with Gasteiger partial charge in [0, 0.05) is 17.5 Å². The molecule has 2 heterocycles. The van der Waals surface area contributed by atoms with Crippen LogP contribution in [0.25, 0.3) is 39.2 Å². The van der Waals surface area contributed by atoms with Crippen LogP contribution >= 0.6 is 0 Å². The molecule has 30 heavy (non-hydrogen) atoms. The maximum absolute atomic E-state index is 4.62. The van der Waals surface area contributed by atoms with Crippen molar-refractivity contribution in [3.05, 3.63) is 102 Å². The minimum Gasteiger partial charge on any atom is -0.261 e. The van der Waals surface area contributed by atoms with Crippen molar-refractivity contribution < 1.29 is 4.57 Å². The average Bonchev–Trinajstić information content (AvgIpc) is 3.07. The number of hydrogen-bond donors (Lipinski definition) is 0. The van der Waals surface area contributed by atoms with Gasteiger partial charge < -0.3 is 0 Å². The summed E-state index contributed by atoms with van der Waals surface area (Å²) in [5, 5.41) is 0. The van der Waals surface area contributed by atoms with Gasteiger partial charge in [0.15, 0.2) is 11.0 Å². The molecule has 0 saturated heterocycles. The van der Waals surface area contributed by atoms with Gasteiger partial charge in [-0.15, -0.1) is 0 Å². The molecule has 0 bridgehead atoms. The zero-order valence-corrected chi connectivity index (χ0v) is 17.5. The molecule has 3 aromatic carbocycles. The fourth-order valence-electron chi connectivity index (χ4n) is 4.32. The lowest BCUT2D eigenvalue weighted by Gasteiger charge is -2.11. The third kappa shape index (κ3) is 2.91. The van der Waals surface area contributed by atoms with Crippen LogP contribution in [0.4, 0.5) is 0 Å². The van der Waals surface area contributed by atoms with E-state index >= 15 is 0 Å². The predicted molar refractivity (Wildman–Crippen MR) is 123 cm³/mol. The molecule has 5 aromatic rings. The molecule has 0 aliphatic rings. The first kappa shape index (κ1) is 18.3. The van der Waals surface area contributed by atoms with Crippen molar-refractivity contribution in [2.24, 2.45) is 7.05 Å². The average molecular weight is 391 g/mol. The Morgan fingerprint density at radius 3 is 2.27 bits per heavy atom. The second-order valence-corrected chi connectivity index (χ2v) is 7.73. The van der Waals surface area contributed by atoms with Gasteiger partial charge in [0.2, 0.25) is 0 Å². The first-order chi connectivity index (χ1) is 14.6. The van der Waals surface area contributed by atoms with Gasteiger partial charge in [-0.25, -0.2) is 4.57 Å². The zero-order chi connectivity index (χ0) is 20.7. The van der Waals surface area contributed by atoms with E-state index in [9.17, 15) is 0 Å². The van der Waals surface area contributed by atoms with E-state index in [-0.39, 0.29) is 0 Å². The van der Waals surface area contributed by atoms with Gasteiger partial charge >= 0.3 is 0 Å². The largest absolute Gasteiger partial charge is 0.296 e. The van der Waals surface area contributed by atoms with E-state index in [0.717, 1.165) is 22.8 Å². The summed E-state index contributed by atoms with van der Waals surface area (Å²) in [4.78, 5) is 4.62. The van der Waals surface area contributed by atoms with Crippen molar-refractivity contribution in [1.29, 1.82) is 0 Å². The SMILES string of the molecule is Cc1cc(C)c(-c2n(-c3ccccc3-c3ccccc3)c3ccccc3[n+]2C)cn1. The van der Waals surface area contributed by atoms with Crippen LogP contribution in [-0.4, -0.2) is 9.55 Å². The van der Waals surface area contributed by atoms with Gasteiger partial charge in [0.1, 0.15) is 5.69 Å². The molecule has 3 nitrogen and oxygen atoms in total. The topological polar surface area (TPSA) is 21.7 Å². The van der Waals surface area contributed by atoms with Gasteiger partial charge in [-0.3, -0.25) is 4.98 Å². The molecule has 5 rings (SSSR count). The van der Waals surface area contributed by atoms with E-state index in [1.165, 1.54) is 27.7 Å². The summed E-state index contributed by atoms with van der Waals surface area (Å²) in [5.41, 5.74) is 9.34. The molecule has 0 spiro atoms. The van der Waals surface area contributed by atoms with E-state index < -0.39 is 0 Å². The molecule has 0 radical (unpaired) electrons. The monoisotopic (exact) mass is 390 g/mol. The highest BCUT2D eigenvalue weighted by Gasteiger charge is 2.28. The number of para-hydroxylation sites is 3. The van der Waals surface area contributed by atoms with Gasteiger partial charge in [-0.2, -0.15) is 4.57 Å². The summed E-state index contributed by atoms with van der Waals surface area (Å²) in [6, 6.07) is 29.9. The fourth-order valence-corrected chi connectivity index (χ4v) is 4.32. The van der Waals surface area contributed by atoms with Gasteiger partial charge in [-0.1, -0.05) is 60.7 Å². The number of pyridine rings is 1. The molecule has 3 heteroatoms. The Kier molecular flexibility index (Phi) is 4.44. The standard InChI is InChI=1S/C27H24N3/c1-19-17-20(2)28-18-23(19)27-29(3)25-15-9-10-16-26(25)30(27)24-14-8-7-13-22(24)21-11-5-4-6-12-21/h4-18H,1-3H3/q+1. The van der Waals surface area contributed by atoms with E-state index in [0.29, 0.717) is 0 Å². The van der Waals surface area contributed by atoms with Crippen molar-refractivity contribution in [3.8, 4) is 28.2 Å². The van der Waals surface area contributed by atoms with Crippen molar-refractivity contribution in [2.75, 3.05) is 0 Å². The number of benzene rings is 3. The van der Waals surface area contributed by atoms with Gasteiger partial charge in [-0.05, 0) is 49.2 Å². The second kappa shape index (κ2) is 7.27. The van der Waals surface area contributed by atoms with E-state index in [1.54, 1.807) is 0 Å². The number of rotatable bonds is 3. The van der Waals surface area contributed by atoms with Crippen LogP contribution in [0.15, 0.2) is 91.1 Å². The predicted octanol–water partition coefficient (Wildman–Crippen LogP) is 5.80. The van der Waals surface area contributed by atoms with Crippen molar-refractivity contribution >= 4 is 11.0 Å². The normalized spacial score (nSPS) is 11.2. The lowest BCUT2D eigenvalue weighted by atomic mass is 10.0. The number of fused-ring (bicyclic) bond motifs is 1. The molecule has 0 fully saturated rings. The molecule has 0 N–H and O–H groups in total. The lowest BCUT2D eigenvalue weighted by Crippen LogP contribution is -2.30. The van der Waals surface area contributed by atoms with Crippen LogP contribution in [0.1, 0.15) is 11.3 Å². The number of imidazole rings is 1. The molecule has 0 atom stereocenters. The lowest BCUT2D eigenvalue weighted by molar-refractivity contribution is -0.633. The minimum atomic E-state index is 1.03. The maximum Gasteiger partial charge on any atom is 0.296 e. The summed E-state index contributed by atoms with van der Waals surface area (Å²) < 4.78 is 4.65. The Labute approximate surface area is 176 Å². The summed E-state index contributed by atoms with van der Waals surface area (Å²) in [6.45, 7) is 4.20. The van der Waals surface area contributed by atoms with E-state index in [4.69, 9.17) is 0 Å². The summed E-state index contributed by atoms with van der Waals surface area (Å²) >= 11 is 0. The first-order valence-corrected chi connectivity index (χ1v) is 10.2. The van der Waals surface area contributed by atoms with E-state index in [1.807, 2.05) is 13.1 Å². The Morgan fingerprint density at radius 1 is 0.767 bits per heavy atom. The van der Waals surface area contributed by atoms with Gasteiger partial charge in [0.25, 0.3) is 5.82 Å². The van der Waals surface area contributed by atoms with Crippen LogP contribution in [0.5, 0.6) is 0 Å². The zero-order valence-electron chi connectivity index (χ0n) is 17.5. The molecule has 0 aliphatic heterocycles. The number of nitrogens with zero attached hydrogens (tertiary/aromatic N) is 3. The summed E-state index contributed by atoms with van der Waals surface area (Å²) in [6.07, 6.45) is 2.00. The number of hydrogen-bond acceptors (Lipinski definition) is 1. The van der Waals surface area contributed by atoms with Crippen molar-refractivity contribution in [3.63, 3.8) is 0 Å². The summed E-state index contributed by atoms with van der Waals surface area (Å²) in [7, 11) is 2.14. The Balaban J connectivity index is 1.90. The molecule has 146 valence electrons. The third-order valence-corrected chi connectivity index (χ3v) is 5.73. The number of aryl methyl sites for hydroxylation is 3. The number of aromatic nitrogens is 3. The van der Waals surface area contributed by atoms with Gasteiger partial charge in [0.05, 0.1) is 12.6 Å². The Bertz CT molecular complexity index is 1360. The van der Waals surface area contributed by atoms with Crippen LogP contribution in [-0.2, 0) is 7.05 Å². The maximum atomic E-state index is 4.62. The highest BCUT2D eigenvalue weighted by atomic mass is 15.2. The van der Waals surface area contributed by atoms with Crippen LogP contribution < -0.4 is 4.57 Å². The molecule has 0 amide bonds.